The zero-order valence-corrected chi connectivity index (χ0v) is 12.9. The Morgan fingerprint density at radius 1 is 1.00 bits per heavy atom. The molecule has 108 valence electrons. The van der Waals surface area contributed by atoms with Crippen molar-refractivity contribution >= 4 is 0 Å². The SMILES string of the molecule is CC12CC(C(C)(C)C3CCCC4(C)OC34)CCC1O2. The number of epoxide rings is 2. The Balaban J connectivity index is 1.52. The molecule has 0 bridgehead atoms. The van der Waals surface area contributed by atoms with Gasteiger partial charge in [-0.05, 0) is 63.2 Å². The van der Waals surface area contributed by atoms with Gasteiger partial charge in [-0.1, -0.05) is 20.3 Å². The number of fused-ring (bicyclic) bond motifs is 2. The third-order valence-electron chi connectivity index (χ3n) is 6.97. The van der Waals surface area contributed by atoms with E-state index in [0.29, 0.717) is 17.6 Å². The molecular formula is C17H28O2. The molecule has 0 aromatic rings. The Bertz CT molecular complexity index is 404. The molecule has 2 aliphatic carbocycles. The van der Waals surface area contributed by atoms with Crippen LogP contribution in [0, 0.1) is 17.3 Å². The minimum absolute atomic E-state index is 0.225. The second-order valence-electron chi connectivity index (χ2n) is 8.57. The molecule has 0 spiro atoms. The van der Waals surface area contributed by atoms with Crippen molar-refractivity contribution in [2.24, 2.45) is 17.3 Å². The molecule has 19 heavy (non-hydrogen) atoms. The maximum atomic E-state index is 6.09. The lowest BCUT2D eigenvalue weighted by Crippen LogP contribution is -2.42. The van der Waals surface area contributed by atoms with Crippen molar-refractivity contribution in [1.29, 1.82) is 0 Å². The fourth-order valence-corrected chi connectivity index (χ4v) is 5.27. The molecule has 0 aromatic heterocycles. The minimum atomic E-state index is 0.225. The summed E-state index contributed by atoms with van der Waals surface area (Å²) < 4.78 is 12.0. The summed E-state index contributed by atoms with van der Waals surface area (Å²) in [6.45, 7) is 9.64. The number of hydrogen-bond acceptors (Lipinski definition) is 2. The normalized spacial score (nSPS) is 56.2. The summed E-state index contributed by atoms with van der Waals surface area (Å²) in [5.74, 6) is 1.57. The molecule has 6 atom stereocenters. The molecule has 4 aliphatic rings. The molecule has 2 saturated heterocycles. The van der Waals surface area contributed by atoms with Gasteiger partial charge in [-0.3, -0.25) is 0 Å². The standard InChI is InChI=1S/C17H28O2/c1-15(2,11-7-8-13-17(4,10-11)18-13)12-6-5-9-16(3)14(12)19-16/h11-14H,5-10H2,1-4H3. The zero-order valence-electron chi connectivity index (χ0n) is 12.9. The van der Waals surface area contributed by atoms with Crippen LogP contribution >= 0.6 is 0 Å². The summed E-state index contributed by atoms with van der Waals surface area (Å²) in [6.07, 6.45) is 9.01. The fourth-order valence-electron chi connectivity index (χ4n) is 5.27. The fraction of sp³-hybridized carbons (Fsp3) is 1.00. The molecule has 2 saturated carbocycles. The summed E-state index contributed by atoms with van der Waals surface area (Å²) in [4.78, 5) is 0. The van der Waals surface area contributed by atoms with Crippen molar-refractivity contribution in [3.63, 3.8) is 0 Å². The van der Waals surface area contributed by atoms with Gasteiger partial charge in [0.15, 0.2) is 0 Å². The lowest BCUT2D eigenvalue weighted by atomic mass is 9.59. The molecule has 0 amide bonds. The van der Waals surface area contributed by atoms with Gasteiger partial charge in [0.1, 0.15) is 0 Å². The second-order valence-corrected chi connectivity index (χ2v) is 8.57. The van der Waals surface area contributed by atoms with Crippen LogP contribution in [-0.2, 0) is 9.47 Å². The van der Waals surface area contributed by atoms with Gasteiger partial charge in [0, 0.05) is 0 Å². The molecule has 4 fully saturated rings. The summed E-state index contributed by atoms with van der Waals surface area (Å²) in [6, 6.07) is 0. The number of rotatable bonds is 2. The van der Waals surface area contributed by atoms with Crippen LogP contribution in [0.4, 0.5) is 0 Å². The van der Waals surface area contributed by atoms with Gasteiger partial charge in [-0.15, -0.1) is 0 Å². The van der Waals surface area contributed by atoms with E-state index in [9.17, 15) is 0 Å². The van der Waals surface area contributed by atoms with E-state index in [-0.39, 0.29) is 11.2 Å². The molecule has 2 nitrogen and oxygen atoms in total. The van der Waals surface area contributed by atoms with Gasteiger partial charge >= 0.3 is 0 Å². The molecule has 0 aromatic carbocycles. The van der Waals surface area contributed by atoms with E-state index in [1.165, 1.54) is 38.5 Å². The van der Waals surface area contributed by atoms with Crippen LogP contribution < -0.4 is 0 Å². The highest BCUT2D eigenvalue weighted by Gasteiger charge is 2.64. The highest BCUT2D eigenvalue weighted by Crippen LogP contribution is 2.61. The first kappa shape index (κ1) is 12.6. The lowest BCUT2D eigenvalue weighted by Gasteiger charge is -2.44. The first-order valence-corrected chi connectivity index (χ1v) is 8.21. The van der Waals surface area contributed by atoms with Crippen LogP contribution in [0.25, 0.3) is 0 Å². The lowest BCUT2D eigenvalue weighted by molar-refractivity contribution is 0.0489. The van der Waals surface area contributed by atoms with E-state index in [1.807, 2.05) is 0 Å². The highest BCUT2D eigenvalue weighted by atomic mass is 16.6. The van der Waals surface area contributed by atoms with Crippen molar-refractivity contribution in [2.75, 3.05) is 0 Å². The van der Waals surface area contributed by atoms with Crippen LogP contribution in [0.2, 0.25) is 0 Å². The van der Waals surface area contributed by atoms with E-state index in [0.717, 1.165) is 11.8 Å². The van der Waals surface area contributed by atoms with Crippen molar-refractivity contribution in [3.8, 4) is 0 Å². The van der Waals surface area contributed by atoms with Crippen LogP contribution in [0.3, 0.4) is 0 Å². The Kier molecular flexibility index (Phi) is 2.37. The maximum absolute atomic E-state index is 6.09. The Morgan fingerprint density at radius 2 is 1.79 bits per heavy atom. The van der Waals surface area contributed by atoms with Crippen LogP contribution in [-0.4, -0.2) is 23.4 Å². The summed E-state index contributed by atoms with van der Waals surface area (Å²) in [5.41, 5.74) is 0.864. The third-order valence-corrected chi connectivity index (χ3v) is 6.97. The van der Waals surface area contributed by atoms with Gasteiger partial charge < -0.3 is 9.47 Å². The van der Waals surface area contributed by atoms with Gasteiger partial charge in [0.05, 0.1) is 23.4 Å². The molecule has 0 radical (unpaired) electrons. The Morgan fingerprint density at radius 3 is 2.53 bits per heavy atom. The largest absolute Gasteiger partial charge is 0.366 e. The Hall–Kier alpha value is -0.0800. The van der Waals surface area contributed by atoms with Crippen LogP contribution in [0.15, 0.2) is 0 Å². The third kappa shape index (κ3) is 1.75. The number of hydrogen-bond donors (Lipinski definition) is 0. The average molecular weight is 264 g/mol. The molecule has 2 heteroatoms. The van der Waals surface area contributed by atoms with Crippen molar-refractivity contribution in [2.45, 2.75) is 89.6 Å². The van der Waals surface area contributed by atoms with E-state index in [2.05, 4.69) is 27.7 Å². The number of ether oxygens (including phenoxy) is 2. The van der Waals surface area contributed by atoms with Gasteiger partial charge in [-0.25, -0.2) is 0 Å². The molecule has 0 N–H and O–H groups in total. The average Bonchev–Trinajstić information content (AvgIpc) is 3.19. The zero-order chi connectivity index (χ0) is 13.5. The Labute approximate surface area is 117 Å². The predicted molar refractivity (Wildman–Crippen MR) is 75.0 cm³/mol. The van der Waals surface area contributed by atoms with Gasteiger partial charge in [-0.2, -0.15) is 0 Å². The first-order chi connectivity index (χ1) is 8.85. The molecule has 4 rings (SSSR count). The van der Waals surface area contributed by atoms with Crippen molar-refractivity contribution < 1.29 is 9.47 Å². The molecule has 2 aliphatic heterocycles. The first-order valence-electron chi connectivity index (χ1n) is 8.21. The van der Waals surface area contributed by atoms with Gasteiger partial charge in [0.2, 0.25) is 0 Å². The van der Waals surface area contributed by atoms with Crippen LogP contribution in [0.1, 0.15) is 66.2 Å². The summed E-state index contributed by atoms with van der Waals surface area (Å²) >= 11 is 0. The summed E-state index contributed by atoms with van der Waals surface area (Å²) in [5, 5.41) is 0. The molecule has 6 unspecified atom stereocenters. The second kappa shape index (κ2) is 3.57. The maximum Gasteiger partial charge on any atom is 0.0923 e. The summed E-state index contributed by atoms with van der Waals surface area (Å²) in [7, 11) is 0. The quantitative estimate of drug-likeness (QED) is 0.706. The van der Waals surface area contributed by atoms with Crippen molar-refractivity contribution in [3.05, 3.63) is 0 Å². The topological polar surface area (TPSA) is 25.1 Å². The van der Waals surface area contributed by atoms with E-state index in [1.54, 1.807) is 0 Å². The molecule has 2 heterocycles. The van der Waals surface area contributed by atoms with Crippen LogP contribution in [0.5, 0.6) is 0 Å². The monoisotopic (exact) mass is 264 g/mol. The van der Waals surface area contributed by atoms with E-state index in [4.69, 9.17) is 9.47 Å². The highest BCUT2D eigenvalue weighted by molar-refractivity contribution is 5.12. The predicted octanol–water partition coefficient (Wildman–Crippen LogP) is 3.93. The smallest absolute Gasteiger partial charge is 0.0923 e. The van der Waals surface area contributed by atoms with E-state index < -0.39 is 0 Å². The minimum Gasteiger partial charge on any atom is -0.366 e. The van der Waals surface area contributed by atoms with Gasteiger partial charge in [0.25, 0.3) is 0 Å². The van der Waals surface area contributed by atoms with E-state index >= 15 is 0 Å². The molecular weight excluding hydrogens is 236 g/mol. The van der Waals surface area contributed by atoms with Crippen molar-refractivity contribution in [1.82, 2.24) is 0 Å².